The molecule has 1 amide bonds. The van der Waals surface area contributed by atoms with Crippen LogP contribution in [0.1, 0.15) is 45.2 Å². The Morgan fingerprint density at radius 1 is 1.25 bits per heavy atom. The molecule has 2 aliphatic heterocycles. The highest BCUT2D eigenvalue weighted by molar-refractivity contribution is 7.93. The zero-order chi connectivity index (χ0) is 29.5. The lowest BCUT2D eigenvalue weighted by atomic mass is 10.1. The van der Waals surface area contributed by atoms with E-state index in [1.807, 2.05) is 0 Å². The number of amides is 1. The van der Waals surface area contributed by atoms with Crippen LogP contribution in [0.2, 0.25) is 0 Å². The number of benzene rings is 1. The number of carbonyl (C=O) groups excluding carboxylic acids is 1. The summed E-state index contributed by atoms with van der Waals surface area (Å²) in [5.74, 6) is -1.12. The number of sulfonamides is 1. The van der Waals surface area contributed by atoms with Crippen LogP contribution >= 0.6 is 0 Å². The monoisotopic (exact) mass is 590 g/mol. The van der Waals surface area contributed by atoms with E-state index in [0.717, 1.165) is 17.1 Å². The molecule has 220 valence electrons. The van der Waals surface area contributed by atoms with Gasteiger partial charge in [-0.05, 0) is 57.7 Å². The molecule has 3 heterocycles. The Morgan fingerprint density at radius 2 is 1.98 bits per heavy atom. The van der Waals surface area contributed by atoms with Gasteiger partial charge in [0.1, 0.15) is 11.9 Å². The van der Waals surface area contributed by atoms with Crippen molar-refractivity contribution >= 4 is 33.5 Å². The minimum absolute atomic E-state index is 0.00288. The normalized spacial score (nSPS) is 17.4. The zero-order valence-corrected chi connectivity index (χ0v) is 22.8. The maximum absolute atomic E-state index is 14.2. The molecule has 1 atom stereocenters. The molecule has 0 radical (unpaired) electrons. The molecule has 2 N–H and O–H groups in total. The summed E-state index contributed by atoms with van der Waals surface area (Å²) in [4.78, 5) is 23.3. The number of rotatable bonds is 8. The molecule has 40 heavy (non-hydrogen) atoms. The van der Waals surface area contributed by atoms with E-state index in [4.69, 9.17) is 14.6 Å². The summed E-state index contributed by atoms with van der Waals surface area (Å²) in [6.07, 6.45) is -5.34. The Kier molecular flexibility index (Phi) is 7.84. The summed E-state index contributed by atoms with van der Waals surface area (Å²) in [6.45, 7) is 1.62. The summed E-state index contributed by atoms with van der Waals surface area (Å²) in [6, 6.07) is 3.86. The predicted molar refractivity (Wildman–Crippen MR) is 134 cm³/mol. The number of carbonyl (C=O) groups is 2. The third kappa shape index (κ3) is 5.76. The fourth-order valence-corrected chi connectivity index (χ4v) is 6.26. The number of halogens is 3. The molecule has 1 aromatic carbocycles. The highest BCUT2D eigenvalue weighted by Crippen LogP contribution is 2.42. The van der Waals surface area contributed by atoms with Gasteiger partial charge in [-0.25, -0.2) is 13.2 Å². The lowest BCUT2D eigenvalue weighted by Crippen LogP contribution is -2.44. The van der Waals surface area contributed by atoms with E-state index in [-0.39, 0.29) is 47.3 Å². The average molecular weight is 591 g/mol. The average Bonchev–Trinajstić information content (AvgIpc) is 3.25. The van der Waals surface area contributed by atoms with Crippen LogP contribution < -0.4 is 19.1 Å². The Balaban J connectivity index is 1.72. The van der Waals surface area contributed by atoms with Crippen molar-refractivity contribution in [1.29, 1.82) is 0 Å². The molecule has 0 saturated heterocycles. The molecule has 1 aromatic heterocycles. The van der Waals surface area contributed by atoms with Crippen LogP contribution in [0, 0.1) is 0 Å². The molecular formula is C24H29F3N4O8S. The molecule has 0 bridgehead atoms. The number of alkyl halides is 3. The minimum atomic E-state index is -4.83. The second-order valence-electron chi connectivity index (χ2n) is 9.88. The van der Waals surface area contributed by atoms with Crippen molar-refractivity contribution in [1.82, 2.24) is 9.78 Å². The van der Waals surface area contributed by atoms with Gasteiger partial charge in [0.25, 0.3) is 15.9 Å². The number of hydrogen-bond donors (Lipinski definition) is 2. The summed E-state index contributed by atoms with van der Waals surface area (Å²) >= 11 is 0. The van der Waals surface area contributed by atoms with Crippen LogP contribution in [-0.4, -0.2) is 66.9 Å². The number of aliphatic carboxylic acids is 1. The first kappa shape index (κ1) is 29.3. The van der Waals surface area contributed by atoms with Crippen LogP contribution in [0.25, 0.3) is 0 Å². The van der Waals surface area contributed by atoms with Crippen molar-refractivity contribution < 1.29 is 50.5 Å². The Morgan fingerprint density at radius 3 is 2.62 bits per heavy atom. The van der Waals surface area contributed by atoms with E-state index in [9.17, 15) is 31.2 Å². The van der Waals surface area contributed by atoms with Crippen molar-refractivity contribution in [2.24, 2.45) is 0 Å². The van der Waals surface area contributed by atoms with E-state index in [2.05, 4.69) is 15.2 Å². The predicted octanol–water partition coefficient (Wildman–Crippen LogP) is 3.94. The number of nitrogens with one attached hydrogen (secondary N) is 1. The summed E-state index contributed by atoms with van der Waals surface area (Å²) in [5.41, 5.74) is -2.39. The topological polar surface area (TPSA) is 149 Å². The summed E-state index contributed by atoms with van der Waals surface area (Å²) < 4.78 is 86.1. The summed E-state index contributed by atoms with van der Waals surface area (Å²) in [5, 5.41) is 15.6. The molecule has 0 spiro atoms. The van der Waals surface area contributed by atoms with Gasteiger partial charge in [-0.1, -0.05) is 0 Å². The Hall–Kier alpha value is -3.69. The summed E-state index contributed by atoms with van der Waals surface area (Å²) in [7, 11) is -3.08. The lowest BCUT2D eigenvalue weighted by Gasteiger charge is -2.36. The van der Waals surface area contributed by atoms with Gasteiger partial charge in [0.2, 0.25) is 5.60 Å². The van der Waals surface area contributed by atoms with Crippen molar-refractivity contribution in [3.8, 4) is 11.6 Å². The van der Waals surface area contributed by atoms with Gasteiger partial charge in [0.15, 0.2) is 4.90 Å². The molecular weight excluding hydrogens is 561 g/mol. The number of ether oxygens (including phenoxy) is 3. The SMILES string of the molecule is COc1nn2c(c1S(=O)(=O)N1CC(CCC(=O)O)Oc3ccc(NC(=O)OC(C)(C)C(F)(F)F)cc31)CCCC2. The number of hydrogen-bond acceptors (Lipinski definition) is 8. The number of aromatic nitrogens is 2. The van der Waals surface area contributed by atoms with Crippen LogP contribution in [-0.2, 0) is 32.5 Å². The number of anilines is 2. The fraction of sp³-hybridized carbons (Fsp3) is 0.542. The maximum Gasteiger partial charge on any atom is 0.427 e. The van der Waals surface area contributed by atoms with Crippen molar-refractivity contribution in [2.75, 3.05) is 23.3 Å². The van der Waals surface area contributed by atoms with E-state index in [1.54, 1.807) is 4.68 Å². The second kappa shape index (κ2) is 10.7. The number of carboxylic acid groups (broad SMARTS) is 1. The van der Waals surface area contributed by atoms with Crippen LogP contribution in [0.15, 0.2) is 23.1 Å². The molecule has 4 rings (SSSR count). The van der Waals surface area contributed by atoms with Crippen LogP contribution in [0.3, 0.4) is 0 Å². The van der Waals surface area contributed by atoms with Crippen molar-refractivity contribution in [3.63, 3.8) is 0 Å². The Bertz CT molecular complexity index is 1410. The first-order valence-corrected chi connectivity index (χ1v) is 13.8. The third-order valence-corrected chi connectivity index (χ3v) is 8.45. The van der Waals surface area contributed by atoms with Gasteiger partial charge in [0, 0.05) is 18.7 Å². The first-order valence-electron chi connectivity index (χ1n) is 12.4. The van der Waals surface area contributed by atoms with Gasteiger partial charge in [0.05, 0.1) is 25.0 Å². The number of carboxylic acids is 1. The van der Waals surface area contributed by atoms with Gasteiger partial charge in [-0.3, -0.25) is 19.1 Å². The molecule has 1 unspecified atom stereocenters. The van der Waals surface area contributed by atoms with Crippen LogP contribution in [0.5, 0.6) is 11.6 Å². The molecule has 2 aromatic rings. The molecule has 0 aliphatic carbocycles. The fourth-order valence-electron chi connectivity index (χ4n) is 4.43. The van der Waals surface area contributed by atoms with Crippen molar-refractivity contribution in [3.05, 3.63) is 23.9 Å². The number of fused-ring (bicyclic) bond motifs is 2. The van der Waals surface area contributed by atoms with Gasteiger partial charge >= 0.3 is 18.2 Å². The third-order valence-electron chi connectivity index (χ3n) is 6.60. The maximum atomic E-state index is 14.2. The number of nitrogens with zero attached hydrogens (tertiary/aromatic N) is 3. The molecule has 12 nitrogen and oxygen atoms in total. The van der Waals surface area contributed by atoms with E-state index < -0.39 is 40.0 Å². The molecule has 0 saturated carbocycles. The molecule has 16 heteroatoms. The highest BCUT2D eigenvalue weighted by atomic mass is 32.2. The number of aryl methyl sites for hydroxylation is 1. The highest BCUT2D eigenvalue weighted by Gasteiger charge is 2.51. The Labute approximate surface area is 228 Å². The van der Waals surface area contributed by atoms with Gasteiger partial charge in [-0.15, -0.1) is 5.10 Å². The van der Waals surface area contributed by atoms with Crippen molar-refractivity contribution in [2.45, 2.75) is 75.3 Å². The van der Waals surface area contributed by atoms with E-state index in [1.165, 1.54) is 25.3 Å². The first-order chi connectivity index (χ1) is 18.6. The van der Waals surface area contributed by atoms with E-state index in [0.29, 0.717) is 32.5 Å². The molecule has 0 fully saturated rings. The standard InChI is InChI=1S/C24H29F3N4O8S/c1-23(2,24(25,26)27)39-22(34)28-14-7-9-18-17(12-14)31(13-15(38-18)8-10-19(32)33)40(35,36)20-16-6-4-5-11-30(16)29-21(20)37-3/h7,9,12,15H,4-6,8,10-11,13H2,1-3H3,(H,28,34)(H,32,33). The van der Waals surface area contributed by atoms with Gasteiger partial charge in [-0.2, -0.15) is 13.2 Å². The van der Waals surface area contributed by atoms with E-state index >= 15 is 0 Å². The lowest BCUT2D eigenvalue weighted by molar-refractivity contribution is -0.242. The van der Waals surface area contributed by atoms with Crippen LogP contribution in [0.4, 0.5) is 29.3 Å². The molecule has 2 aliphatic rings. The van der Waals surface area contributed by atoms with Gasteiger partial charge < -0.3 is 19.3 Å². The zero-order valence-electron chi connectivity index (χ0n) is 21.9. The number of methoxy groups -OCH3 is 1. The minimum Gasteiger partial charge on any atom is -0.486 e. The smallest absolute Gasteiger partial charge is 0.427 e. The second-order valence-corrected chi connectivity index (χ2v) is 11.7. The largest absolute Gasteiger partial charge is 0.486 e. The quantitative estimate of drug-likeness (QED) is 0.466.